The van der Waals surface area contributed by atoms with E-state index in [1.54, 1.807) is 19.1 Å². The van der Waals surface area contributed by atoms with Crippen molar-refractivity contribution in [1.82, 2.24) is 4.98 Å². The first-order valence-electron chi connectivity index (χ1n) is 7.60. The maximum atomic E-state index is 10.9. The maximum absolute atomic E-state index is 10.9. The van der Waals surface area contributed by atoms with Gasteiger partial charge in [-0.05, 0) is 13.8 Å². The molecule has 0 aliphatic heterocycles. The van der Waals surface area contributed by atoms with Crippen LogP contribution in [0.5, 0.6) is 0 Å². The number of hydrogen-bond donors (Lipinski definition) is 1. The number of nitro groups is 1. The van der Waals surface area contributed by atoms with Gasteiger partial charge in [0, 0.05) is 28.6 Å². The van der Waals surface area contributed by atoms with Crippen molar-refractivity contribution >= 4 is 27.9 Å². The standard InChI is InChI=1S/C18H16N4O2S/c1-12-6-8-14(9-7-12)17-11-25-18(19-17)21-20-13(2)15-4-3-5-16(10-15)22(23)24/h3-11H,1-2H3,(H,19,21)/b20-13+. The number of nitrogens with zero attached hydrogens (tertiary/aromatic N) is 3. The predicted molar refractivity (Wildman–Crippen MR) is 101 cm³/mol. The fraction of sp³-hybridized carbons (Fsp3) is 0.111. The lowest BCUT2D eigenvalue weighted by molar-refractivity contribution is -0.384. The Morgan fingerprint density at radius 1 is 1.24 bits per heavy atom. The number of nitrogens with one attached hydrogen (secondary N) is 1. The summed E-state index contributed by atoms with van der Waals surface area (Å²) in [7, 11) is 0. The van der Waals surface area contributed by atoms with Crippen LogP contribution in [0.15, 0.2) is 59.0 Å². The highest BCUT2D eigenvalue weighted by Gasteiger charge is 2.08. The number of nitro benzene ring substituents is 1. The highest BCUT2D eigenvalue weighted by Crippen LogP contribution is 2.25. The Balaban J connectivity index is 1.74. The summed E-state index contributed by atoms with van der Waals surface area (Å²) in [6.07, 6.45) is 0. The summed E-state index contributed by atoms with van der Waals surface area (Å²) in [5, 5.41) is 17.8. The largest absolute Gasteiger partial charge is 0.270 e. The van der Waals surface area contributed by atoms with Crippen LogP contribution in [0.3, 0.4) is 0 Å². The van der Waals surface area contributed by atoms with Crippen molar-refractivity contribution < 1.29 is 4.92 Å². The van der Waals surface area contributed by atoms with Crippen LogP contribution in [0.1, 0.15) is 18.1 Å². The minimum atomic E-state index is -0.418. The predicted octanol–water partition coefficient (Wildman–Crippen LogP) is 4.86. The minimum absolute atomic E-state index is 0.0444. The van der Waals surface area contributed by atoms with Gasteiger partial charge in [0.15, 0.2) is 0 Å². The molecular formula is C18H16N4O2S. The molecule has 6 nitrogen and oxygen atoms in total. The van der Waals surface area contributed by atoms with Crippen molar-refractivity contribution in [2.24, 2.45) is 5.10 Å². The second-order valence-corrected chi connectivity index (χ2v) is 6.38. The van der Waals surface area contributed by atoms with Crippen LogP contribution >= 0.6 is 11.3 Å². The van der Waals surface area contributed by atoms with Gasteiger partial charge in [0.05, 0.1) is 16.3 Å². The van der Waals surface area contributed by atoms with Gasteiger partial charge in [-0.15, -0.1) is 11.3 Å². The van der Waals surface area contributed by atoms with E-state index in [0.29, 0.717) is 16.4 Å². The number of non-ortho nitro benzene ring substituents is 1. The number of hydrogen-bond acceptors (Lipinski definition) is 6. The molecule has 0 atom stereocenters. The molecule has 0 unspecified atom stereocenters. The Bertz CT molecular complexity index is 932. The molecule has 1 aromatic heterocycles. The molecule has 0 radical (unpaired) electrons. The second-order valence-electron chi connectivity index (χ2n) is 5.52. The van der Waals surface area contributed by atoms with Gasteiger partial charge in [0.2, 0.25) is 5.13 Å². The molecule has 0 spiro atoms. The van der Waals surface area contributed by atoms with E-state index in [0.717, 1.165) is 11.3 Å². The number of anilines is 1. The van der Waals surface area contributed by atoms with Crippen LogP contribution in [0.2, 0.25) is 0 Å². The molecule has 7 heteroatoms. The number of aromatic nitrogens is 1. The lowest BCUT2D eigenvalue weighted by Crippen LogP contribution is -2.00. The zero-order valence-electron chi connectivity index (χ0n) is 13.8. The smallest absolute Gasteiger partial charge is 0.258 e. The molecule has 126 valence electrons. The summed E-state index contributed by atoms with van der Waals surface area (Å²) in [5.41, 5.74) is 7.44. The monoisotopic (exact) mass is 352 g/mol. The average Bonchev–Trinajstić information content (AvgIpc) is 3.09. The number of aryl methyl sites for hydroxylation is 1. The third-order valence-electron chi connectivity index (χ3n) is 3.65. The van der Waals surface area contributed by atoms with Gasteiger partial charge in [0.1, 0.15) is 0 Å². The van der Waals surface area contributed by atoms with E-state index in [4.69, 9.17) is 0 Å². The lowest BCUT2D eigenvalue weighted by atomic mass is 10.1. The summed E-state index contributed by atoms with van der Waals surface area (Å²) in [6, 6.07) is 14.5. The summed E-state index contributed by atoms with van der Waals surface area (Å²) in [6.45, 7) is 3.84. The van der Waals surface area contributed by atoms with E-state index in [-0.39, 0.29) is 5.69 Å². The van der Waals surface area contributed by atoms with Gasteiger partial charge in [-0.2, -0.15) is 5.10 Å². The molecule has 1 N–H and O–H groups in total. The average molecular weight is 352 g/mol. The Kier molecular flexibility index (Phi) is 4.85. The Morgan fingerprint density at radius 3 is 2.72 bits per heavy atom. The first-order chi connectivity index (χ1) is 12.0. The van der Waals surface area contributed by atoms with Gasteiger partial charge in [-0.1, -0.05) is 42.0 Å². The van der Waals surface area contributed by atoms with Crippen molar-refractivity contribution in [1.29, 1.82) is 0 Å². The number of hydrazone groups is 1. The minimum Gasteiger partial charge on any atom is -0.258 e. The quantitative estimate of drug-likeness (QED) is 0.404. The van der Waals surface area contributed by atoms with Crippen molar-refractivity contribution in [2.75, 3.05) is 5.43 Å². The van der Waals surface area contributed by atoms with Gasteiger partial charge < -0.3 is 0 Å². The topological polar surface area (TPSA) is 80.4 Å². The summed E-state index contributed by atoms with van der Waals surface area (Å²) in [5.74, 6) is 0. The zero-order chi connectivity index (χ0) is 17.8. The molecule has 0 aliphatic carbocycles. The van der Waals surface area contributed by atoms with Crippen LogP contribution < -0.4 is 5.43 Å². The SMILES string of the molecule is C/C(=N\Nc1nc(-c2ccc(C)cc2)cs1)c1cccc([N+](=O)[O-])c1. The van der Waals surface area contributed by atoms with Crippen LogP contribution in [0.4, 0.5) is 10.8 Å². The van der Waals surface area contributed by atoms with E-state index in [2.05, 4.69) is 15.5 Å². The van der Waals surface area contributed by atoms with E-state index < -0.39 is 4.92 Å². The van der Waals surface area contributed by atoms with E-state index in [9.17, 15) is 10.1 Å². The van der Waals surface area contributed by atoms with Crippen molar-refractivity contribution in [3.63, 3.8) is 0 Å². The Morgan fingerprint density at radius 2 is 2.00 bits per heavy atom. The third-order valence-corrected chi connectivity index (χ3v) is 4.39. The van der Waals surface area contributed by atoms with E-state index in [1.807, 2.05) is 36.6 Å². The highest BCUT2D eigenvalue weighted by atomic mass is 32.1. The second kappa shape index (κ2) is 7.23. The fourth-order valence-corrected chi connectivity index (χ4v) is 2.88. The van der Waals surface area contributed by atoms with Crippen LogP contribution in [0, 0.1) is 17.0 Å². The number of rotatable bonds is 5. The molecule has 2 aromatic carbocycles. The van der Waals surface area contributed by atoms with Crippen molar-refractivity contribution in [3.05, 3.63) is 75.2 Å². The summed E-state index contributed by atoms with van der Waals surface area (Å²) in [4.78, 5) is 15.0. The molecule has 0 bridgehead atoms. The molecule has 0 aliphatic rings. The van der Waals surface area contributed by atoms with Crippen molar-refractivity contribution in [3.8, 4) is 11.3 Å². The molecule has 1 heterocycles. The van der Waals surface area contributed by atoms with Crippen LogP contribution in [-0.4, -0.2) is 15.6 Å². The number of benzene rings is 2. The van der Waals surface area contributed by atoms with Gasteiger partial charge in [-0.3, -0.25) is 15.5 Å². The molecule has 25 heavy (non-hydrogen) atoms. The molecular weight excluding hydrogens is 336 g/mol. The molecule has 0 amide bonds. The third kappa shape index (κ3) is 4.07. The number of thiazole rings is 1. The maximum Gasteiger partial charge on any atom is 0.270 e. The molecule has 3 aromatic rings. The molecule has 3 rings (SSSR count). The molecule has 0 fully saturated rings. The van der Waals surface area contributed by atoms with Crippen LogP contribution in [-0.2, 0) is 0 Å². The van der Waals surface area contributed by atoms with E-state index in [1.165, 1.54) is 29.0 Å². The normalized spacial score (nSPS) is 11.4. The molecule has 0 saturated carbocycles. The first kappa shape index (κ1) is 16.8. The van der Waals surface area contributed by atoms with E-state index >= 15 is 0 Å². The fourth-order valence-electron chi connectivity index (χ4n) is 2.22. The van der Waals surface area contributed by atoms with Gasteiger partial charge >= 0.3 is 0 Å². The summed E-state index contributed by atoms with van der Waals surface area (Å²) >= 11 is 1.46. The lowest BCUT2D eigenvalue weighted by Gasteiger charge is -2.01. The van der Waals surface area contributed by atoms with Gasteiger partial charge in [0.25, 0.3) is 5.69 Å². The van der Waals surface area contributed by atoms with Crippen molar-refractivity contribution in [2.45, 2.75) is 13.8 Å². The zero-order valence-corrected chi connectivity index (χ0v) is 14.6. The van der Waals surface area contributed by atoms with Crippen LogP contribution in [0.25, 0.3) is 11.3 Å². The van der Waals surface area contributed by atoms with Gasteiger partial charge in [-0.25, -0.2) is 4.98 Å². The molecule has 0 saturated heterocycles. The Labute approximate surface area is 149 Å². The Hall–Kier alpha value is -3.06. The first-order valence-corrected chi connectivity index (χ1v) is 8.48. The summed E-state index contributed by atoms with van der Waals surface area (Å²) < 4.78 is 0. The highest BCUT2D eigenvalue weighted by molar-refractivity contribution is 7.14.